The van der Waals surface area contributed by atoms with Crippen molar-refractivity contribution in [3.8, 4) is 11.4 Å². The van der Waals surface area contributed by atoms with Crippen molar-refractivity contribution in [3.05, 3.63) is 238 Å². The number of nitrogens with zero attached hydrogens (tertiary/aromatic N) is 6. The molecule has 0 spiro atoms. The third kappa shape index (κ3) is 16.6. The van der Waals surface area contributed by atoms with E-state index in [4.69, 9.17) is 32.2 Å². The molecule has 3 amide bonds. The lowest BCUT2D eigenvalue weighted by Crippen LogP contribution is -2.41. The number of carbonyl (C=O) groups is 3. The van der Waals surface area contributed by atoms with Crippen LogP contribution >= 0.6 is 0 Å². The third-order valence-corrected chi connectivity index (χ3v) is 20.3. The van der Waals surface area contributed by atoms with Crippen LogP contribution in [0.5, 0.6) is 0 Å². The molecule has 0 fully saturated rings. The molecule has 0 bridgehead atoms. The number of hydrogen-bond donors (Lipinski definition) is 9. The van der Waals surface area contributed by atoms with Gasteiger partial charge in [0.15, 0.2) is 0 Å². The van der Waals surface area contributed by atoms with Gasteiger partial charge in [0.2, 0.25) is 33.4 Å². The van der Waals surface area contributed by atoms with Crippen molar-refractivity contribution < 1.29 is 23.5 Å². The van der Waals surface area contributed by atoms with Crippen LogP contribution in [0, 0.1) is 34.6 Å². The fraction of sp³-hybridized carbons (Fsp3) is 0.287. The number of hydrogen-bond acceptors (Lipinski definition) is 13. The van der Waals surface area contributed by atoms with Crippen molar-refractivity contribution in [1.82, 2.24) is 31.2 Å². The minimum atomic E-state index is -0.331. The van der Waals surface area contributed by atoms with E-state index in [0.717, 1.165) is 242 Å². The van der Waals surface area contributed by atoms with Crippen molar-refractivity contribution in [2.75, 3.05) is 72.0 Å². The van der Waals surface area contributed by atoms with E-state index < -0.39 is 0 Å². The predicted octanol–water partition coefficient (Wildman–Crippen LogP) is 15.8. The lowest BCUT2D eigenvalue weighted by molar-refractivity contribution is -0.538. The second-order valence-electron chi connectivity index (χ2n) is 28.2. The maximum atomic E-state index is 14.0. The largest absolute Gasteiger partial charge is 0.398 e. The van der Waals surface area contributed by atoms with Crippen LogP contribution in [0.25, 0.3) is 55.5 Å². The van der Waals surface area contributed by atoms with Crippen LogP contribution < -0.4 is 63.1 Å². The molecule has 1 aliphatic heterocycles. The maximum absolute atomic E-state index is 14.0. The summed E-state index contributed by atoms with van der Waals surface area (Å²) in [7, 11) is 0. The molecular weight excluding hydrogens is 1300 g/mol. The van der Waals surface area contributed by atoms with Crippen LogP contribution in [-0.4, -0.2) is 78.7 Å². The summed E-state index contributed by atoms with van der Waals surface area (Å²) < 4.78 is 4.47. The van der Waals surface area contributed by atoms with Gasteiger partial charge < -0.3 is 54.0 Å². The quantitative estimate of drug-likeness (QED) is 0.00883. The molecule has 0 saturated carbocycles. The summed E-state index contributed by atoms with van der Waals surface area (Å²) in [6, 6.07) is 56.6. The average Bonchev–Trinajstić information content (AvgIpc) is 0.760. The zero-order valence-corrected chi connectivity index (χ0v) is 61.3. The summed E-state index contributed by atoms with van der Waals surface area (Å²) in [4.78, 5) is 59.6. The Bertz CT molecular complexity index is 4940. The average molecular weight is 1400 g/mol. The molecule has 1 aliphatic carbocycles. The molecule has 1 atom stereocenters. The van der Waals surface area contributed by atoms with Crippen molar-refractivity contribution in [2.24, 2.45) is 4.99 Å². The number of benzene rings is 9. The first-order valence-electron chi connectivity index (χ1n) is 37.2. The molecule has 1 unspecified atom stereocenters. The molecule has 11 aromatic rings. The standard InChI is InChI=1S/C87H95N15O3/c1-55-40-73-79(49-67(55)88)100(64-28-16-13-17-29-64)82-52-70(58(4)43-76(82)97-73)91-34-22-7-10-25-37-94-85(103)61-46-62(86(104)95-38-26-11-8-23-35-92-71-53-83-77(44-59(71)5)98-74-41-56(2)68(89)50-80(74)101(83)65-30-18-14-19-31-65)48-63(47-61)87(105)96-39-27-12-9-24-36-93-72-54-84-78(45-60(72)6)99-75-42-57(3)69(90)51-81(75)102(84)66-32-20-15-21-33-66/h13-21,28-33,40-54,82,91H,7-12,22-27,34-39,88H2,1-6H3,(H7,89,90,92,93,94,95,96,103,104,105)/p+2. The monoisotopic (exact) mass is 1400 g/mol. The molecule has 2 aliphatic rings. The molecule has 105 heavy (non-hydrogen) atoms. The first-order valence-corrected chi connectivity index (χ1v) is 37.2. The van der Waals surface area contributed by atoms with Gasteiger partial charge in [0.1, 0.15) is 22.1 Å². The Hall–Kier alpha value is -11.7. The number of para-hydroxylation sites is 3. The molecule has 2 aromatic heterocycles. The summed E-state index contributed by atoms with van der Waals surface area (Å²) in [5, 5.41) is 20.4. The molecule has 9 aromatic carbocycles. The van der Waals surface area contributed by atoms with Gasteiger partial charge in [-0.3, -0.25) is 14.4 Å². The number of anilines is 7. The second-order valence-corrected chi connectivity index (χ2v) is 28.2. The molecule has 0 saturated heterocycles. The van der Waals surface area contributed by atoms with E-state index in [1.165, 1.54) is 0 Å². The fourth-order valence-corrected chi connectivity index (χ4v) is 14.3. The number of aliphatic imine (C=N–C) groups is 1. The number of fused-ring (bicyclic) bond motifs is 6. The van der Waals surface area contributed by atoms with Crippen LogP contribution in [0.2, 0.25) is 0 Å². The summed E-state index contributed by atoms with van der Waals surface area (Å²) in [5.41, 5.74) is 45.4. The van der Waals surface area contributed by atoms with E-state index in [1.807, 2.05) is 81.4 Å². The Kier molecular flexibility index (Phi) is 22.4. The van der Waals surface area contributed by atoms with Crippen molar-refractivity contribution in [2.45, 2.75) is 125 Å². The van der Waals surface area contributed by atoms with Gasteiger partial charge >= 0.3 is 0 Å². The van der Waals surface area contributed by atoms with Gasteiger partial charge in [-0.1, -0.05) is 93.1 Å². The fourth-order valence-electron chi connectivity index (χ4n) is 14.3. The highest BCUT2D eigenvalue weighted by Crippen LogP contribution is 2.44. The molecule has 0 radical (unpaired) electrons. The molecule has 18 nitrogen and oxygen atoms in total. The first kappa shape index (κ1) is 71.7. The third-order valence-electron chi connectivity index (χ3n) is 20.3. The van der Waals surface area contributed by atoms with Crippen LogP contribution in [-0.2, 0) is 0 Å². The number of nitrogens with one attached hydrogen (secondary N) is 6. The van der Waals surface area contributed by atoms with Crippen LogP contribution in [0.4, 0.5) is 45.5 Å². The SMILES string of the molecule is CC1=CC2=Nc3cc(C)c(N)cc3N(c3ccccc3)C2C=C1NCCCCCCNC(=O)c1cc(C(=O)NCCCCCCNc2cc3c(cc2C)nc2cc(C)c(N)cc2[n+]3-c2ccccc2)cc(C(=O)NCCCCCCNc2cc3c(cc2C)nc2cc(C)c(N)cc2[n+]3-c2ccccc2)c1. The van der Waals surface area contributed by atoms with Gasteiger partial charge in [0.25, 0.3) is 17.7 Å². The van der Waals surface area contributed by atoms with Crippen LogP contribution in [0.1, 0.15) is 143 Å². The smallest absolute Gasteiger partial charge is 0.251 e. The normalized spacial score (nSPS) is 13.3. The molecular formula is C87H97N15O3+2. The van der Waals surface area contributed by atoms with Gasteiger partial charge in [0, 0.05) is 144 Å². The number of nitrogen functional groups attached to an aromatic ring is 3. The minimum Gasteiger partial charge on any atom is -0.398 e. The minimum absolute atomic E-state index is 0.104. The summed E-state index contributed by atoms with van der Waals surface area (Å²) in [5.74, 6) is -0.991. The Balaban J connectivity index is 0.597. The number of unbranched alkanes of at least 4 members (excludes halogenated alkanes) is 9. The topological polar surface area (TPSA) is 251 Å². The number of aryl methyl sites for hydroxylation is 5. The molecule has 18 heteroatoms. The zero-order valence-electron chi connectivity index (χ0n) is 61.3. The first-order chi connectivity index (χ1) is 51.0. The molecule has 13 rings (SSSR count). The highest BCUT2D eigenvalue weighted by atomic mass is 16.2. The van der Waals surface area contributed by atoms with Crippen molar-refractivity contribution in [1.29, 1.82) is 0 Å². The van der Waals surface area contributed by atoms with Gasteiger partial charge in [-0.2, -0.15) is 0 Å². The van der Waals surface area contributed by atoms with E-state index in [0.29, 0.717) is 19.6 Å². The highest BCUT2D eigenvalue weighted by Gasteiger charge is 2.33. The Morgan fingerprint density at radius 3 is 1.22 bits per heavy atom. The zero-order chi connectivity index (χ0) is 73.1. The summed E-state index contributed by atoms with van der Waals surface area (Å²) in [6.07, 6.45) is 15.2. The Morgan fingerprint density at radius 2 is 0.781 bits per heavy atom. The van der Waals surface area contributed by atoms with Gasteiger partial charge in [-0.25, -0.2) is 15.0 Å². The second kappa shape index (κ2) is 32.8. The number of aromatic nitrogens is 4. The molecule has 12 N–H and O–H groups in total. The number of nitrogens with two attached hydrogens (primary N) is 3. The maximum Gasteiger partial charge on any atom is 0.251 e. The number of rotatable bonds is 30. The van der Waals surface area contributed by atoms with E-state index in [1.54, 1.807) is 18.2 Å². The lowest BCUT2D eigenvalue weighted by atomic mass is 9.93. The van der Waals surface area contributed by atoms with Gasteiger partial charge in [-0.15, -0.1) is 9.13 Å². The van der Waals surface area contributed by atoms with Gasteiger partial charge in [0.05, 0.1) is 23.1 Å². The van der Waals surface area contributed by atoms with E-state index in [-0.39, 0.29) is 40.5 Å². The summed E-state index contributed by atoms with van der Waals surface area (Å²) in [6.45, 7) is 16.1. The number of allylic oxidation sites excluding steroid dienone is 1. The molecule has 536 valence electrons. The van der Waals surface area contributed by atoms with Crippen molar-refractivity contribution >= 4 is 113 Å². The Morgan fingerprint density at radius 1 is 0.410 bits per heavy atom. The van der Waals surface area contributed by atoms with Crippen LogP contribution in [0.3, 0.4) is 0 Å². The van der Waals surface area contributed by atoms with Crippen molar-refractivity contribution in [3.63, 3.8) is 0 Å². The van der Waals surface area contributed by atoms with E-state index in [9.17, 15) is 14.4 Å². The summed E-state index contributed by atoms with van der Waals surface area (Å²) >= 11 is 0. The van der Waals surface area contributed by atoms with E-state index in [2.05, 4.69) is 170 Å². The van der Waals surface area contributed by atoms with Crippen LogP contribution in [0.15, 0.2) is 198 Å². The number of amides is 3. The van der Waals surface area contributed by atoms with E-state index >= 15 is 0 Å². The number of carbonyl (C=O) groups excluding carboxylic acids is 3. The predicted molar refractivity (Wildman–Crippen MR) is 430 cm³/mol. The lowest BCUT2D eigenvalue weighted by Gasteiger charge is -2.39. The molecule has 3 heterocycles. The Labute approximate surface area is 615 Å². The van der Waals surface area contributed by atoms with Gasteiger partial charge in [-0.05, 0) is 192 Å². The highest BCUT2D eigenvalue weighted by molar-refractivity contribution is 6.11.